The summed E-state index contributed by atoms with van der Waals surface area (Å²) in [6, 6.07) is 13.0. The lowest BCUT2D eigenvalue weighted by Gasteiger charge is -2.21. The van der Waals surface area contributed by atoms with Gasteiger partial charge in [0.1, 0.15) is 5.76 Å². The number of hydrogen-bond acceptors (Lipinski definition) is 6. The first-order valence-electron chi connectivity index (χ1n) is 11.6. The summed E-state index contributed by atoms with van der Waals surface area (Å²) in [5.41, 5.74) is 1.95. The Labute approximate surface area is 203 Å². The Bertz CT molecular complexity index is 1260. The zero-order valence-corrected chi connectivity index (χ0v) is 19.9. The van der Waals surface area contributed by atoms with E-state index in [0.717, 1.165) is 19.3 Å². The van der Waals surface area contributed by atoms with E-state index >= 15 is 0 Å². The van der Waals surface area contributed by atoms with Gasteiger partial charge in [0.05, 0.1) is 42.0 Å². The van der Waals surface area contributed by atoms with E-state index in [2.05, 4.69) is 12.1 Å². The van der Waals surface area contributed by atoms with Crippen molar-refractivity contribution in [1.82, 2.24) is 14.5 Å². The Morgan fingerprint density at radius 3 is 2.88 bits per heavy atom. The molecule has 8 heteroatoms. The summed E-state index contributed by atoms with van der Waals surface area (Å²) in [7, 11) is 0. The number of carbonyl (C=O) groups excluding carboxylic acids is 1. The summed E-state index contributed by atoms with van der Waals surface area (Å²) in [6.07, 6.45) is 9.52. The molecule has 1 aliphatic rings. The fraction of sp³-hybridized carbons (Fsp3) is 0.385. The first kappa shape index (κ1) is 23.8. The van der Waals surface area contributed by atoms with Gasteiger partial charge in [-0.15, -0.1) is 0 Å². The number of para-hydroxylation sites is 1. The average Bonchev–Trinajstić information content (AvgIpc) is 3.38. The van der Waals surface area contributed by atoms with Crippen LogP contribution >= 0.6 is 11.8 Å². The molecule has 2 heterocycles. The molecule has 34 heavy (non-hydrogen) atoms. The number of fused-ring (bicyclic) bond motifs is 1. The number of amides is 1. The number of nitriles is 1. The lowest BCUT2D eigenvalue weighted by Crippen LogP contribution is -2.33. The van der Waals surface area contributed by atoms with Crippen LogP contribution in [0.3, 0.4) is 0 Å². The summed E-state index contributed by atoms with van der Waals surface area (Å²) in [6.45, 7) is 1.17. The third-order valence-corrected chi connectivity index (χ3v) is 6.93. The molecule has 0 N–H and O–H groups in total. The van der Waals surface area contributed by atoms with E-state index in [-0.39, 0.29) is 23.6 Å². The van der Waals surface area contributed by atoms with Gasteiger partial charge in [-0.3, -0.25) is 14.2 Å². The van der Waals surface area contributed by atoms with Gasteiger partial charge in [-0.25, -0.2) is 4.98 Å². The summed E-state index contributed by atoms with van der Waals surface area (Å²) in [5, 5.41) is 10.1. The highest BCUT2D eigenvalue weighted by atomic mass is 32.2. The van der Waals surface area contributed by atoms with E-state index in [1.165, 1.54) is 30.2 Å². The minimum Gasteiger partial charge on any atom is -0.467 e. The van der Waals surface area contributed by atoms with Crippen LogP contribution < -0.4 is 5.56 Å². The highest BCUT2D eigenvalue weighted by molar-refractivity contribution is 7.99. The third kappa shape index (κ3) is 5.97. The molecule has 0 aliphatic heterocycles. The fourth-order valence-corrected chi connectivity index (χ4v) is 5.06. The van der Waals surface area contributed by atoms with Crippen LogP contribution in [0.4, 0.5) is 0 Å². The second-order valence-electron chi connectivity index (χ2n) is 8.32. The van der Waals surface area contributed by atoms with E-state index in [4.69, 9.17) is 14.7 Å². The predicted octanol–water partition coefficient (Wildman–Crippen LogP) is 4.91. The Morgan fingerprint density at radius 2 is 2.12 bits per heavy atom. The van der Waals surface area contributed by atoms with Crippen molar-refractivity contribution in [3.05, 3.63) is 70.4 Å². The van der Waals surface area contributed by atoms with Crippen LogP contribution in [-0.4, -0.2) is 32.7 Å². The van der Waals surface area contributed by atoms with Crippen molar-refractivity contribution in [1.29, 1.82) is 5.26 Å². The molecule has 1 amide bonds. The summed E-state index contributed by atoms with van der Waals surface area (Å²) in [5.74, 6) is 0.665. The van der Waals surface area contributed by atoms with E-state index in [0.29, 0.717) is 41.5 Å². The second-order valence-corrected chi connectivity index (χ2v) is 9.26. The molecule has 0 spiro atoms. The number of furan rings is 1. The number of aromatic nitrogens is 2. The van der Waals surface area contributed by atoms with Gasteiger partial charge in [0.2, 0.25) is 5.91 Å². The molecular formula is C26H28N4O3S. The summed E-state index contributed by atoms with van der Waals surface area (Å²) >= 11 is 1.27. The van der Waals surface area contributed by atoms with Gasteiger partial charge in [0.15, 0.2) is 5.16 Å². The van der Waals surface area contributed by atoms with Gasteiger partial charge in [-0.1, -0.05) is 35.5 Å². The normalized spacial score (nSPS) is 13.4. The maximum Gasteiger partial charge on any atom is 0.262 e. The Hall–Kier alpha value is -3.31. The number of rotatable bonds is 10. The third-order valence-electron chi connectivity index (χ3n) is 5.97. The zero-order chi connectivity index (χ0) is 23.8. The number of allylic oxidation sites excluding steroid dienone is 2. The van der Waals surface area contributed by atoms with Crippen LogP contribution in [0.2, 0.25) is 0 Å². The molecule has 0 bridgehead atoms. The van der Waals surface area contributed by atoms with Gasteiger partial charge in [-0.05, 0) is 56.4 Å². The van der Waals surface area contributed by atoms with Crippen molar-refractivity contribution < 1.29 is 9.21 Å². The number of hydrogen-bond donors (Lipinski definition) is 0. The standard InChI is InChI=1S/C26H28N4O3S/c27-14-7-15-29(18-21-10-6-17-33-21)24(31)19-34-26-28-23-12-5-4-11-22(23)25(32)30(26)16-13-20-8-2-1-3-9-20/h4-6,8,10-12,17H,1-3,7,9,13,15-16,18-19H2. The molecule has 0 fully saturated rings. The van der Waals surface area contributed by atoms with Crippen LogP contribution in [0, 0.1) is 11.3 Å². The van der Waals surface area contributed by atoms with Crippen LogP contribution in [0.25, 0.3) is 10.9 Å². The number of thioether (sulfide) groups is 1. The second kappa shape index (κ2) is 11.7. The highest BCUT2D eigenvalue weighted by Gasteiger charge is 2.18. The smallest absolute Gasteiger partial charge is 0.262 e. The van der Waals surface area contributed by atoms with Gasteiger partial charge in [0, 0.05) is 13.1 Å². The van der Waals surface area contributed by atoms with Crippen molar-refractivity contribution in [3.8, 4) is 6.07 Å². The van der Waals surface area contributed by atoms with E-state index in [1.807, 2.05) is 24.3 Å². The minimum absolute atomic E-state index is 0.0751. The van der Waals surface area contributed by atoms with E-state index in [1.54, 1.807) is 27.9 Å². The van der Waals surface area contributed by atoms with Crippen LogP contribution in [0.1, 0.15) is 44.3 Å². The van der Waals surface area contributed by atoms with E-state index < -0.39 is 0 Å². The molecular weight excluding hydrogens is 448 g/mol. The van der Waals surface area contributed by atoms with Crippen molar-refractivity contribution in [2.75, 3.05) is 12.3 Å². The van der Waals surface area contributed by atoms with Crippen molar-refractivity contribution in [3.63, 3.8) is 0 Å². The molecule has 1 aromatic carbocycles. The molecule has 2 aromatic heterocycles. The van der Waals surface area contributed by atoms with Crippen LogP contribution in [0.5, 0.6) is 0 Å². The lowest BCUT2D eigenvalue weighted by molar-refractivity contribution is -0.129. The molecule has 0 radical (unpaired) electrons. The average molecular weight is 477 g/mol. The Morgan fingerprint density at radius 1 is 1.24 bits per heavy atom. The zero-order valence-electron chi connectivity index (χ0n) is 19.1. The van der Waals surface area contributed by atoms with Crippen molar-refractivity contribution in [2.45, 2.75) is 56.8 Å². The molecule has 3 aromatic rings. The first-order valence-corrected chi connectivity index (χ1v) is 12.6. The summed E-state index contributed by atoms with van der Waals surface area (Å²) in [4.78, 5) is 32.7. The largest absolute Gasteiger partial charge is 0.467 e. The van der Waals surface area contributed by atoms with Gasteiger partial charge >= 0.3 is 0 Å². The highest BCUT2D eigenvalue weighted by Crippen LogP contribution is 2.23. The molecule has 176 valence electrons. The van der Waals surface area contributed by atoms with Crippen molar-refractivity contribution in [2.24, 2.45) is 0 Å². The van der Waals surface area contributed by atoms with E-state index in [9.17, 15) is 9.59 Å². The monoisotopic (exact) mass is 476 g/mol. The van der Waals surface area contributed by atoms with Crippen LogP contribution in [0.15, 0.2) is 68.7 Å². The maximum absolute atomic E-state index is 13.3. The van der Waals surface area contributed by atoms with Gasteiger partial charge < -0.3 is 9.32 Å². The molecule has 0 atom stereocenters. The fourth-order valence-electron chi connectivity index (χ4n) is 4.13. The van der Waals surface area contributed by atoms with Crippen LogP contribution in [-0.2, 0) is 17.9 Å². The summed E-state index contributed by atoms with van der Waals surface area (Å²) < 4.78 is 7.09. The van der Waals surface area contributed by atoms with Crippen molar-refractivity contribution >= 4 is 28.6 Å². The number of benzene rings is 1. The van der Waals surface area contributed by atoms with Gasteiger partial charge in [0.25, 0.3) is 5.56 Å². The first-order chi connectivity index (χ1) is 16.7. The number of carbonyl (C=O) groups is 1. The Balaban J connectivity index is 1.54. The topological polar surface area (TPSA) is 92.1 Å². The quantitative estimate of drug-likeness (QED) is 0.234. The molecule has 0 saturated heterocycles. The molecule has 0 unspecified atom stereocenters. The van der Waals surface area contributed by atoms with Gasteiger partial charge in [-0.2, -0.15) is 5.26 Å². The SMILES string of the molecule is N#CCCN(Cc1ccco1)C(=O)CSc1nc2ccccc2c(=O)n1CCC1=CCCCC1. The number of nitrogens with zero attached hydrogens (tertiary/aromatic N) is 4. The maximum atomic E-state index is 13.3. The molecule has 0 saturated carbocycles. The molecule has 7 nitrogen and oxygen atoms in total. The lowest BCUT2D eigenvalue weighted by atomic mass is 9.97. The predicted molar refractivity (Wildman–Crippen MR) is 132 cm³/mol. The molecule has 4 rings (SSSR count). The Kier molecular flexibility index (Phi) is 8.21. The molecule has 1 aliphatic carbocycles. The minimum atomic E-state index is -0.124.